The number of nitrogens with zero attached hydrogens (tertiary/aromatic N) is 1. The third kappa shape index (κ3) is 5.16. The quantitative estimate of drug-likeness (QED) is 0.835. The first-order valence-electron chi connectivity index (χ1n) is 6.76. The molecule has 106 valence electrons. The number of hydrogen-bond donors (Lipinski definition) is 1. The van der Waals surface area contributed by atoms with E-state index in [4.69, 9.17) is 0 Å². The number of carbonyl (C=O) groups is 1. The zero-order valence-electron chi connectivity index (χ0n) is 12.9. The van der Waals surface area contributed by atoms with Gasteiger partial charge in [-0.2, -0.15) is 0 Å². The van der Waals surface area contributed by atoms with E-state index in [1.54, 1.807) is 0 Å². The van der Waals surface area contributed by atoms with Crippen molar-refractivity contribution in [2.24, 2.45) is 0 Å². The van der Waals surface area contributed by atoms with Crippen LogP contribution in [0.3, 0.4) is 0 Å². The smallest absolute Gasteiger partial charge is 0.251 e. The number of nitrogens with one attached hydrogen (secondary N) is 1. The van der Waals surface area contributed by atoms with E-state index in [0.717, 1.165) is 12.1 Å². The van der Waals surface area contributed by atoms with Crippen LogP contribution in [0.1, 0.15) is 17.3 Å². The highest BCUT2D eigenvalue weighted by atomic mass is 28.3. The third-order valence-corrected chi connectivity index (χ3v) is 5.10. The van der Waals surface area contributed by atoms with Crippen molar-refractivity contribution in [1.29, 1.82) is 0 Å². The predicted octanol–water partition coefficient (Wildman–Crippen LogP) is 1.91. The lowest BCUT2D eigenvalue weighted by molar-refractivity contribution is 0.0934. The Bertz CT molecular complexity index is 421. The molecule has 19 heavy (non-hydrogen) atoms. The van der Waals surface area contributed by atoms with Gasteiger partial charge in [0.1, 0.15) is 0 Å². The first-order chi connectivity index (χ1) is 8.70. The molecule has 0 bridgehead atoms. The summed E-state index contributed by atoms with van der Waals surface area (Å²) in [5.74, 6) is 0.0106. The zero-order chi connectivity index (χ0) is 14.6. The summed E-state index contributed by atoms with van der Waals surface area (Å²) in [5, 5.41) is 4.40. The van der Waals surface area contributed by atoms with Crippen molar-refractivity contribution in [3.05, 3.63) is 29.8 Å². The van der Waals surface area contributed by atoms with Gasteiger partial charge in [-0.05, 0) is 33.2 Å². The van der Waals surface area contributed by atoms with Crippen molar-refractivity contribution in [3.63, 3.8) is 0 Å². The molecule has 1 amide bonds. The Morgan fingerprint density at radius 1 is 1.21 bits per heavy atom. The summed E-state index contributed by atoms with van der Waals surface area (Å²) in [7, 11) is 2.73. The van der Waals surface area contributed by atoms with E-state index in [0.29, 0.717) is 0 Å². The van der Waals surface area contributed by atoms with Crippen molar-refractivity contribution in [2.45, 2.75) is 32.6 Å². The van der Waals surface area contributed by atoms with Crippen LogP contribution < -0.4 is 10.5 Å². The lowest BCUT2D eigenvalue weighted by Crippen LogP contribution is -2.40. The molecule has 1 rings (SSSR count). The SMILES string of the molecule is C[C@@H](CN(C)C)NC(=O)c1ccc([Si](C)(C)C)cc1. The molecule has 0 heterocycles. The maximum Gasteiger partial charge on any atom is 0.251 e. The van der Waals surface area contributed by atoms with Crippen LogP contribution in [0.15, 0.2) is 24.3 Å². The van der Waals surface area contributed by atoms with E-state index in [1.165, 1.54) is 5.19 Å². The Morgan fingerprint density at radius 2 is 1.74 bits per heavy atom. The molecule has 4 heteroatoms. The Morgan fingerprint density at radius 3 is 2.16 bits per heavy atom. The van der Waals surface area contributed by atoms with Crippen LogP contribution in [0, 0.1) is 0 Å². The maximum absolute atomic E-state index is 12.1. The minimum atomic E-state index is -1.28. The van der Waals surface area contributed by atoms with Crippen LogP contribution in [-0.2, 0) is 0 Å². The molecule has 3 nitrogen and oxygen atoms in total. The lowest BCUT2D eigenvalue weighted by atomic mass is 10.2. The van der Waals surface area contributed by atoms with Gasteiger partial charge in [0.25, 0.3) is 5.91 Å². The second kappa shape index (κ2) is 6.35. The minimum Gasteiger partial charge on any atom is -0.348 e. The van der Waals surface area contributed by atoms with Gasteiger partial charge < -0.3 is 10.2 Å². The van der Waals surface area contributed by atoms with Gasteiger partial charge in [-0.15, -0.1) is 0 Å². The molecular weight excluding hydrogens is 252 g/mol. The standard InChI is InChI=1S/C15H26N2OSi/c1-12(11-17(2)3)16-15(18)13-7-9-14(10-8-13)19(4,5)6/h7-10,12H,11H2,1-6H3,(H,16,18)/t12-/m0/s1. The van der Waals surface area contributed by atoms with Crippen molar-refractivity contribution in [1.82, 2.24) is 10.2 Å². The predicted molar refractivity (Wildman–Crippen MR) is 84.9 cm³/mol. The number of benzene rings is 1. The maximum atomic E-state index is 12.1. The van der Waals surface area contributed by atoms with E-state index < -0.39 is 8.07 Å². The highest BCUT2D eigenvalue weighted by Gasteiger charge is 2.17. The van der Waals surface area contributed by atoms with Gasteiger partial charge in [0.15, 0.2) is 0 Å². The van der Waals surface area contributed by atoms with Gasteiger partial charge in [-0.25, -0.2) is 0 Å². The van der Waals surface area contributed by atoms with Crippen molar-refractivity contribution < 1.29 is 4.79 Å². The van der Waals surface area contributed by atoms with Crippen LogP contribution in [0.2, 0.25) is 19.6 Å². The zero-order valence-corrected chi connectivity index (χ0v) is 13.9. The van der Waals surface area contributed by atoms with Gasteiger partial charge in [-0.3, -0.25) is 4.79 Å². The van der Waals surface area contributed by atoms with E-state index in [9.17, 15) is 4.79 Å². The first kappa shape index (κ1) is 15.9. The Balaban J connectivity index is 2.68. The molecule has 0 aliphatic rings. The summed E-state index contributed by atoms with van der Waals surface area (Å²) < 4.78 is 0. The average molecular weight is 278 g/mol. The number of carbonyl (C=O) groups excluding carboxylic acids is 1. The van der Waals surface area contributed by atoms with Crippen LogP contribution in [0.25, 0.3) is 0 Å². The van der Waals surface area contributed by atoms with Crippen molar-refractivity contribution in [3.8, 4) is 0 Å². The molecule has 1 aromatic rings. The molecular formula is C15H26N2OSi. The molecule has 0 fully saturated rings. The van der Waals surface area contributed by atoms with E-state index in [-0.39, 0.29) is 11.9 Å². The fourth-order valence-corrected chi connectivity index (χ4v) is 3.19. The van der Waals surface area contributed by atoms with Crippen LogP contribution >= 0.6 is 0 Å². The van der Waals surface area contributed by atoms with Gasteiger partial charge in [0.05, 0.1) is 8.07 Å². The minimum absolute atomic E-state index is 0.0106. The summed E-state index contributed by atoms with van der Waals surface area (Å²) in [6, 6.07) is 8.21. The van der Waals surface area contributed by atoms with E-state index in [2.05, 4.69) is 42.0 Å². The largest absolute Gasteiger partial charge is 0.348 e. The van der Waals surface area contributed by atoms with Crippen LogP contribution in [0.5, 0.6) is 0 Å². The topological polar surface area (TPSA) is 32.3 Å². The van der Waals surface area contributed by atoms with Gasteiger partial charge >= 0.3 is 0 Å². The molecule has 0 spiro atoms. The Hall–Kier alpha value is -1.13. The van der Waals surface area contributed by atoms with E-state index >= 15 is 0 Å². The average Bonchev–Trinajstić information content (AvgIpc) is 2.26. The molecule has 0 saturated carbocycles. The molecule has 0 aromatic heterocycles. The second-order valence-electron chi connectivity index (χ2n) is 6.46. The highest BCUT2D eigenvalue weighted by Crippen LogP contribution is 2.05. The summed E-state index contributed by atoms with van der Waals surface area (Å²) >= 11 is 0. The molecule has 0 aliphatic heterocycles. The second-order valence-corrected chi connectivity index (χ2v) is 11.5. The monoisotopic (exact) mass is 278 g/mol. The Kier molecular flexibility index (Phi) is 5.32. The van der Waals surface area contributed by atoms with Gasteiger partial charge in [0, 0.05) is 18.2 Å². The molecule has 1 N–H and O–H groups in total. The van der Waals surface area contributed by atoms with Crippen LogP contribution in [-0.4, -0.2) is 45.6 Å². The summed E-state index contributed by atoms with van der Waals surface area (Å²) in [6.07, 6.45) is 0. The fraction of sp³-hybridized carbons (Fsp3) is 0.533. The number of likely N-dealkylation sites (N-methyl/N-ethyl adjacent to an activating group) is 1. The fourth-order valence-electron chi connectivity index (χ4n) is 2.02. The summed E-state index contributed by atoms with van der Waals surface area (Å²) in [4.78, 5) is 14.1. The van der Waals surface area contributed by atoms with Crippen LogP contribution in [0.4, 0.5) is 0 Å². The molecule has 0 radical (unpaired) electrons. The van der Waals surface area contributed by atoms with Crippen molar-refractivity contribution >= 4 is 19.2 Å². The molecule has 0 saturated heterocycles. The normalized spacial score (nSPS) is 13.4. The summed E-state index contributed by atoms with van der Waals surface area (Å²) in [5.41, 5.74) is 0.743. The van der Waals surface area contributed by atoms with Crippen molar-refractivity contribution in [2.75, 3.05) is 20.6 Å². The third-order valence-electron chi connectivity index (χ3n) is 3.03. The number of amides is 1. The van der Waals surface area contributed by atoms with E-state index in [1.807, 2.05) is 33.2 Å². The summed E-state index contributed by atoms with van der Waals surface area (Å²) in [6.45, 7) is 9.79. The molecule has 1 atom stereocenters. The molecule has 1 aromatic carbocycles. The highest BCUT2D eigenvalue weighted by molar-refractivity contribution is 6.88. The number of rotatable bonds is 5. The lowest BCUT2D eigenvalue weighted by Gasteiger charge is -2.19. The Labute approximate surface area is 118 Å². The molecule has 0 aliphatic carbocycles. The van der Waals surface area contributed by atoms with Gasteiger partial charge in [0.2, 0.25) is 0 Å². The molecule has 0 unspecified atom stereocenters. The van der Waals surface area contributed by atoms with Gasteiger partial charge in [-0.1, -0.05) is 37.0 Å². The number of hydrogen-bond acceptors (Lipinski definition) is 2. The first-order valence-corrected chi connectivity index (χ1v) is 10.3.